The SMILES string of the molecule is CNC(C(=O)N[C@H](C(=O)N(C)[C@H](/C=C(\C)C(=O)NC(CCCN=C(N)N)C(=O)O)C(C)C)C(C)(C)C)C(C)(C)c1c[nH]c2ccccc12. The highest BCUT2D eigenvalue weighted by molar-refractivity contribution is 5.96. The highest BCUT2D eigenvalue weighted by atomic mass is 16.4. The number of aromatic amines is 1. The molecule has 1 heterocycles. The first kappa shape index (κ1) is 39.8. The van der Waals surface area contributed by atoms with E-state index in [1.54, 1.807) is 32.0 Å². The number of hydrogen-bond donors (Lipinski definition) is 7. The van der Waals surface area contributed by atoms with Crippen molar-refractivity contribution in [3.63, 3.8) is 0 Å². The number of nitrogens with one attached hydrogen (secondary N) is 4. The predicted octanol–water partition coefficient (Wildman–Crippen LogP) is 2.62. The van der Waals surface area contributed by atoms with Crippen molar-refractivity contribution in [1.29, 1.82) is 0 Å². The molecule has 1 aromatic carbocycles. The lowest BCUT2D eigenvalue weighted by molar-refractivity contribution is -0.141. The topological polar surface area (TPSA) is 208 Å². The van der Waals surface area contributed by atoms with E-state index >= 15 is 0 Å². The average Bonchev–Trinajstić information content (AvgIpc) is 3.43. The minimum atomic E-state index is -1.18. The van der Waals surface area contributed by atoms with Gasteiger partial charge in [-0.2, -0.15) is 0 Å². The molecule has 3 amide bonds. The number of carboxylic acids is 1. The second kappa shape index (κ2) is 16.6. The van der Waals surface area contributed by atoms with Crippen molar-refractivity contribution in [2.45, 2.75) is 97.8 Å². The predicted molar refractivity (Wildman–Crippen MR) is 190 cm³/mol. The Bertz CT molecular complexity index is 1500. The summed E-state index contributed by atoms with van der Waals surface area (Å²) in [6.07, 6.45) is 4.08. The Balaban J connectivity index is 2.30. The minimum absolute atomic E-state index is 0.0903. The molecule has 0 fully saturated rings. The standard InChI is InChI=1S/C35H56N8O5/c1-20(2)26(18-21(3)29(44)41-25(32(47)48)16-13-17-39-33(36)37)43(10)31(46)28(34(4,5)6)42-30(45)27(38-9)35(7,8)23-19-40-24-15-12-11-14-22(23)24/h11-12,14-15,18-20,25-28,38,40H,13,16-17H2,1-10H3,(H,41,44)(H,42,45)(H,47,48)(H4,36,37,39)/b21-18+/t25?,26-,27?,28-/m1/s1. The highest BCUT2D eigenvalue weighted by Crippen LogP contribution is 2.34. The first-order chi connectivity index (χ1) is 22.2. The van der Waals surface area contributed by atoms with E-state index in [1.165, 1.54) is 0 Å². The van der Waals surface area contributed by atoms with Gasteiger partial charge in [-0.1, -0.05) is 72.7 Å². The van der Waals surface area contributed by atoms with Crippen LogP contribution in [-0.2, 0) is 24.6 Å². The molecule has 0 saturated carbocycles. The molecule has 48 heavy (non-hydrogen) atoms. The number of aromatic nitrogens is 1. The van der Waals surface area contributed by atoms with E-state index in [2.05, 4.69) is 25.9 Å². The van der Waals surface area contributed by atoms with E-state index in [-0.39, 0.29) is 42.2 Å². The zero-order valence-electron chi connectivity index (χ0n) is 30.1. The molecule has 2 unspecified atom stereocenters. The van der Waals surface area contributed by atoms with Gasteiger partial charge in [-0.3, -0.25) is 19.4 Å². The third kappa shape index (κ3) is 10.1. The monoisotopic (exact) mass is 668 g/mol. The van der Waals surface area contributed by atoms with Crippen molar-refractivity contribution in [3.8, 4) is 0 Å². The van der Waals surface area contributed by atoms with Gasteiger partial charge < -0.3 is 42.4 Å². The van der Waals surface area contributed by atoms with Gasteiger partial charge in [0.25, 0.3) is 0 Å². The Morgan fingerprint density at radius 3 is 2.21 bits per heavy atom. The van der Waals surface area contributed by atoms with Crippen LogP contribution in [0.5, 0.6) is 0 Å². The van der Waals surface area contributed by atoms with Gasteiger partial charge in [-0.15, -0.1) is 0 Å². The quantitative estimate of drug-likeness (QED) is 0.0611. The van der Waals surface area contributed by atoms with Gasteiger partial charge in [0.1, 0.15) is 12.1 Å². The van der Waals surface area contributed by atoms with E-state index in [4.69, 9.17) is 11.5 Å². The van der Waals surface area contributed by atoms with E-state index < -0.39 is 46.9 Å². The van der Waals surface area contributed by atoms with E-state index in [9.17, 15) is 24.3 Å². The zero-order chi connectivity index (χ0) is 36.6. The molecule has 0 aliphatic carbocycles. The maximum absolute atomic E-state index is 14.2. The summed E-state index contributed by atoms with van der Waals surface area (Å²) < 4.78 is 0. The van der Waals surface area contributed by atoms with Crippen LogP contribution in [0.1, 0.15) is 73.8 Å². The molecule has 2 rings (SSSR count). The van der Waals surface area contributed by atoms with E-state index in [0.717, 1.165) is 16.5 Å². The van der Waals surface area contributed by atoms with E-state index in [0.29, 0.717) is 6.42 Å². The number of nitrogens with two attached hydrogens (primary N) is 2. The Kier molecular flexibility index (Phi) is 13.8. The van der Waals surface area contributed by atoms with Crippen molar-refractivity contribution in [1.82, 2.24) is 25.8 Å². The molecule has 0 spiro atoms. The number of nitrogens with zero attached hydrogens (tertiary/aromatic N) is 2. The maximum atomic E-state index is 14.2. The molecule has 2 aromatic rings. The minimum Gasteiger partial charge on any atom is -0.480 e. The molecule has 13 heteroatoms. The van der Waals surface area contributed by atoms with Crippen LogP contribution in [0, 0.1) is 11.3 Å². The van der Waals surface area contributed by atoms with Crippen molar-refractivity contribution < 1.29 is 24.3 Å². The summed E-state index contributed by atoms with van der Waals surface area (Å²) in [6.45, 7) is 15.3. The number of H-pyrrole nitrogens is 1. The number of carboxylic acid groups (broad SMARTS) is 1. The molecule has 0 aliphatic rings. The number of aliphatic imine (C=N–C) groups is 1. The van der Waals surface area contributed by atoms with Crippen LogP contribution in [0.4, 0.5) is 0 Å². The molecule has 1 aromatic heterocycles. The van der Waals surface area contributed by atoms with Crippen LogP contribution in [0.25, 0.3) is 10.9 Å². The van der Waals surface area contributed by atoms with Gasteiger partial charge >= 0.3 is 5.97 Å². The Hall–Kier alpha value is -4.39. The number of guanidine groups is 1. The molecule has 0 bridgehead atoms. The summed E-state index contributed by atoms with van der Waals surface area (Å²) in [7, 11) is 3.38. The fraction of sp³-hybridized carbons (Fsp3) is 0.571. The van der Waals surface area contributed by atoms with Crippen LogP contribution in [-0.4, -0.2) is 89.4 Å². The molecule has 4 atom stereocenters. The van der Waals surface area contributed by atoms with Gasteiger partial charge in [0.05, 0.1) is 12.1 Å². The summed E-state index contributed by atoms with van der Waals surface area (Å²) in [5.41, 5.74) is 11.5. The van der Waals surface area contributed by atoms with Gasteiger partial charge in [0.15, 0.2) is 5.96 Å². The number of carbonyl (C=O) groups is 4. The van der Waals surface area contributed by atoms with Crippen LogP contribution in [0.15, 0.2) is 47.1 Å². The smallest absolute Gasteiger partial charge is 0.326 e. The Morgan fingerprint density at radius 2 is 1.67 bits per heavy atom. The molecule has 0 aliphatic heterocycles. The van der Waals surface area contributed by atoms with Crippen LogP contribution in [0.2, 0.25) is 0 Å². The van der Waals surface area contributed by atoms with Crippen molar-refractivity contribution in [3.05, 3.63) is 47.7 Å². The van der Waals surface area contributed by atoms with Gasteiger partial charge in [-0.05, 0) is 49.8 Å². The number of aliphatic carboxylic acids is 1. The molecule has 13 nitrogen and oxygen atoms in total. The molecule has 0 radical (unpaired) electrons. The van der Waals surface area contributed by atoms with Crippen LogP contribution >= 0.6 is 0 Å². The number of benzene rings is 1. The third-order valence-corrected chi connectivity index (χ3v) is 8.76. The summed E-state index contributed by atoms with van der Waals surface area (Å²) in [5.74, 6) is -2.58. The molecular formula is C35H56N8O5. The summed E-state index contributed by atoms with van der Waals surface area (Å²) >= 11 is 0. The number of hydrogen-bond acceptors (Lipinski definition) is 6. The van der Waals surface area contributed by atoms with E-state index in [1.807, 2.05) is 78.9 Å². The largest absolute Gasteiger partial charge is 0.480 e. The van der Waals surface area contributed by atoms with Crippen molar-refractivity contribution in [2.75, 3.05) is 20.6 Å². The Morgan fingerprint density at radius 1 is 1.04 bits per heavy atom. The summed E-state index contributed by atoms with van der Waals surface area (Å²) in [6, 6.07) is 4.68. The van der Waals surface area contributed by atoms with Gasteiger partial charge in [0, 0.05) is 41.7 Å². The lowest BCUT2D eigenvalue weighted by Gasteiger charge is -2.39. The number of likely N-dealkylation sites (N-methyl/N-ethyl adjacent to an activating group) is 2. The molecular weight excluding hydrogens is 612 g/mol. The molecule has 9 N–H and O–H groups in total. The second-order valence-corrected chi connectivity index (χ2v) is 14.3. The molecule has 0 saturated heterocycles. The number of fused-ring (bicyclic) bond motifs is 1. The fourth-order valence-corrected chi connectivity index (χ4v) is 5.92. The van der Waals surface area contributed by atoms with Crippen LogP contribution < -0.4 is 27.4 Å². The maximum Gasteiger partial charge on any atom is 0.326 e. The summed E-state index contributed by atoms with van der Waals surface area (Å²) in [5, 5.41) is 19.5. The fourth-order valence-electron chi connectivity index (χ4n) is 5.92. The number of rotatable bonds is 16. The van der Waals surface area contributed by atoms with Gasteiger partial charge in [-0.25, -0.2) is 4.79 Å². The van der Waals surface area contributed by atoms with Crippen molar-refractivity contribution in [2.24, 2.45) is 27.8 Å². The highest BCUT2D eigenvalue weighted by Gasteiger charge is 2.42. The zero-order valence-corrected chi connectivity index (χ0v) is 30.1. The number of para-hydroxylation sites is 1. The van der Waals surface area contributed by atoms with Crippen LogP contribution in [0.3, 0.4) is 0 Å². The molecule has 266 valence electrons. The summed E-state index contributed by atoms with van der Waals surface area (Å²) in [4.78, 5) is 61.8. The lowest BCUT2D eigenvalue weighted by atomic mass is 9.76. The van der Waals surface area contributed by atoms with Gasteiger partial charge in [0.2, 0.25) is 17.7 Å². The normalized spacial score (nSPS) is 14.9. The number of carbonyl (C=O) groups excluding carboxylic acids is 3. The first-order valence-corrected chi connectivity index (χ1v) is 16.3. The Labute approximate surface area is 284 Å². The first-order valence-electron chi connectivity index (χ1n) is 16.3. The van der Waals surface area contributed by atoms with Crippen molar-refractivity contribution >= 4 is 40.6 Å². The lowest BCUT2D eigenvalue weighted by Crippen LogP contribution is -2.61. The average molecular weight is 669 g/mol. The second-order valence-electron chi connectivity index (χ2n) is 14.3. The third-order valence-electron chi connectivity index (χ3n) is 8.76. The number of amides is 3.